The van der Waals surface area contributed by atoms with E-state index in [4.69, 9.17) is 10.8 Å². The SMILES string of the molecule is Cc1cc(C(=O)O)sc1C=CCC(N)=O. The lowest BCUT2D eigenvalue weighted by atomic mass is 10.2. The maximum absolute atomic E-state index is 10.7. The van der Waals surface area contributed by atoms with Crippen molar-refractivity contribution in [3.63, 3.8) is 0 Å². The van der Waals surface area contributed by atoms with Crippen molar-refractivity contribution < 1.29 is 14.7 Å². The third kappa shape index (κ3) is 3.21. The fourth-order valence-electron chi connectivity index (χ4n) is 1.05. The van der Waals surface area contributed by atoms with Crippen molar-refractivity contribution in [1.29, 1.82) is 0 Å². The fourth-order valence-corrected chi connectivity index (χ4v) is 1.99. The molecule has 1 aromatic rings. The summed E-state index contributed by atoms with van der Waals surface area (Å²) in [5.74, 6) is -1.34. The molecule has 1 rings (SSSR count). The highest BCUT2D eigenvalue weighted by Gasteiger charge is 2.08. The van der Waals surface area contributed by atoms with Crippen LogP contribution >= 0.6 is 11.3 Å². The zero-order chi connectivity index (χ0) is 11.4. The lowest BCUT2D eigenvalue weighted by molar-refractivity contribution is -0.117. The van der Waals surface area contributed by atoms with Gasteiger partial charge in [0.25, 0.3) is 0 Å². The van der Waals surface area contributed by atoms with Crippen LogP contribution in [0.2, 0.25) is 0 Å². The molecule has 0 fully saturated rings. The van der Waals surface area contributed by atoms with Crippen LogP contribution in [0.15, 0.2) is 12.1 Å². The normalized spacial score (nSPS) is 10.7. The third-order valence-electron chi connectivity index (χ3n) is 1.76. The van der Waals surface area contributed by atoms with Gasteiger partial charge in [-0.05, 0) is 24.6 Å². The summed E-state index contributed by atoms with van der Waals surface area (Å²) in [6.45, 7) is 1.83. The Morgan fingerprint density at radius 1 is 1.60 bits per heavy atom. The summed E-state index contributed by atoms with van der Waals surface area (Å²) in [7, 11) is 0. The second-order valence-corrected chi connectivity index (χ2v) is 4.12. The summed E-state index contributed by atoms with van der Waals surface area (Å²) in [6, 6.07) is 1.61. The second kappa shape index (κ2) is 4.75. The number of carboxylic acid groups (broad SMARTS) is 1. The van der Waals surface area contributed by atoms with E-state index in [-0.39, 0.29) is 6.42 Å². The number of nitrogens with two attached hydrogens (primary N) is 1. The minimum Gasteiger partial charge on any atom is -0.477 e. The summed E-state index contributed by atoms with van der Waals surface area (Å²) in [5.41, 5.74) is 5.85. The number of hydrogen-bond acceptors (Lipinski definition) is 3. The zero-order valence-electron chi connectivity index (χ0n) is 8.19. The van der Waals surface area contributed by atoms with Crippen LogP contribution < -0.4 is 5.73 Å². The first-order chi connectivity index (χ1) is 7.00. The monoisotopic (exact) mass is 225 g/mol. The van der Waals surface area contributed by atoms with Gasteiger partial charge in [0.15, 0.2) is 0 Å². The predicted octanol–water partition coefficient (Wildman–Crippen LogP) is 1.64. The molecule has 3 N–H and O–H groups in total. The number of hydrogen-bond donors (Lipinski definition) is 2. The molecule has 5 heteroatoms. The summed E-state index contributed by atoms with van der Waals surface area (Å²) in [4.78, 5) is 22.3. The van der Waals surface area contributed by atoms with Crippen molar-refractivity contribution in [2.45, 2.75) is 13.3 Å². The van der Waals surface area contributed by atoms with Crippen LogP contribution in [0.5, 0.6) is 0 Å². The molecule has 0 radical (unpaired) electrons. The Kier molecular flexibility index (Phi) is 3.62. The topological polar surface area (TPSA) is 80.4 Å². The van der Waals surface area contributed by atoms with Crippen LogP contribution in [0.3, 0.4) is 0 Å². The number of aromatic carboxylic acids is 1. The van der Waals surface area contributed by atoms with Crippen molar-refractivity contribution in [2.24, 2.45) is 5.73 Å². The maximum Gasteiger partial charge on any atom is 0.345 e. The van der Waals surface area contributed by atoms with E-state index in [1.54, 1.807) is 18.2 Å². The average Bonchev–Trinajstić information content (AvgIpc) is 2.47. The first-order valence-electron chi connectivity index (χ1n) is 4.29. The molecule has 0 aliphatic carbocycles. The van der Waals surface area contributed by atoms with Gasteiger partial charge in [-0.2, -0.15) is 0 Å². The zero-order valence-corrected chi connectivity index (χ0v) is 9.00. The number of aryl methyl sites for hydroxylation is 1. The number of carboxylic acids is 1. The van der Waals surface area contributed by atoms with Gasteiger partial charge < -0.3 is 10.8 Å². The van der Waals surface area contributed by atoms with Gasteiger partial charge in [0, 0.05) is 11.3 Å². The fraction of sp³-hybridized carbons (Fsp3) is 0.200. The quantitative estimate of drug-likeness (QED) is 0.817. The molecule has 0 aliphatic rings. The second-order valence-electron chi connectivity index (χ2n) is 3.04. The van der Waals surface area contributed by atoms with Gasteiger partial charge in [0.1, 0.15) is 4.88 Å². The Bertz CT molecular complexity index is 420. The molecule has 0 saturated heterocycles. The number of amides is 1. The minimum atomic E-state index is -0.933. The smallest absolute Gasteiger partial charge is 0.345 e. The van der Waals surface area contributed by atoms with Crippen molar-refractivity contribution in [3.05, 3.63) is 27.5 Å². The Hall–Kier alpha value is -1.62. The van der Waals surface area contributed by atoms with Gasteiger partial charge in [-0.1, -0.05) is 6.08 Å². The highest BCUT2D eigenvalue weighted by atomic mass is 32.1. The van der Waals surface area contributed by atoms with Gasteiger partial charge >= 0.3 is 5.97 Å². The molecule has 0 aromatic carbocycles. The van der Waals surface area contributed by atoms with Crippen LogP contribution in [-0.4, -0.2) is 17.0 Å². The van der Waals surface area contributed by atoms with Crippen molar-refractivity contribution in [2.75, 3.05) is 0 Å². The van der Waals surface area contributed by atoms with E-state index < -0.39 is 11.9 Å². The van der Waals surface area contributed by atoms with E-state index in [1.807, 2.05) is 6.92 Å². The summed E-state index contributed by atoms with van der Waals surface area (Å²) >= 11 is 1.18. The van der Waals surface area contributed by atoms with Gasteiger partial charge in [0.05, 0.1) is 0 Å². The first-order valence-corrected chi connectivity index (χ1v) is 5.11. The van der Waals surface area contributed by atoms with Crippen LogP contribution in [-0.2, 0) is 4.79 Å². The minimum absolute atomic E-state index is 0.166. The Labute approximate surface area is 91.0 Å². The highest BCUT2D eigenvalue weighted by Crippen LogP contribution is 2.23. The summed E-state index contributed by atoms with van der Waals surface area (Å²) in [6.07, 6.45) is 3.52. The Balaban J connectivity index is 2.81. The maximum atomic E-state index is 10.7. The van der Waals surface area contributed by atoms with E-state index in [1.165, 1.54) is 11.3 Å². The van der Waals surface area contributed by atoms with Crippen molar-refractivity contribution >= 4 is 29.3 Å². The molecule has 1 heterocycles. The van der Waals surface area contributed by atoms with E-state index in [2.05, 4.69) is 0 Å². The van der Waals surface area contributed by atoms with E-state index in [9.17, 15) is 9.59 Å². The molecule has 0 atom stereocenters. The lowest BCUT2D eigenvalue weighted by Gasteiger charge is -1.88. The van der Waals surface area contributed by atoms with Crippen molar-refractivity contribution in [1.82, 2.24) is 0 Å². The van der Waals surface area contributed by atoms with Crippen molar-refractivity contribution in [3.8, 4) is 0 Å². The molecule has 1 aromatic heterocycles. The summed E-state index contributed by atoms with van der Waals surface area (Å²) < 4.78 is 0. The largest absolute Gasteiger partial charge is 0.477 e. The number of thiophene rings is 1. The molecular weight excluding hydrogens is 214 g/mol. The van der Waals surface area contributed by atoms with Gasteiger partial charge in [-0.25, -0.2) is 4.79 Å². The number of carbonyl (C=O) groups is 2. The molecule has 80 valence electrons. The van der Waals surface area contributed by atoms with Crippen LogP contribution in [0.25, 0.3) is 6.08 Å². The van der Waals surface area contributed by atoms with E-state index in [0.717, 1.165) is 10.4 Å². The van der Waals surface area contributed by atoms with Crippen LogP contribution in [0.4, 0.5) is 0 Å². The van der Waals surface area contributed by atoms with Gasteiger partial charge in [-0.3, -0.25) is 4.79 Å². The molecule has 15 heavy (non-hydrogen) atoms. The van der Waals surface area contributed by atoms with E-state index in [0.29, 0.717) is 4.88 Å². The lowest BCUT2D eigenvalue weighted by Crippen LogP contribution is -2.07. The number of rotatable bonds is 4. The molecule has 0 unspecified atom stereocenters. The summed E-state index contributed by atoms with van der Waals surface area (Å²) in [5, 5.41) is 8.75. The third-order valence-corrected chi connectivity index (χ3v) is 2.95. The number of primary amides is 1. The van der Waals surface area contributed by atoms with Gasteiger partial charge in [-0.15, -0.1) is 11.3 Å². The number of carbonyl (C=O) groups excluding carboxylic acids is 1. The molecule has 4 nitrogen and oxygen atoms in total. The van der Waals surface area contributed by atoms with Crippen LogP contribution in [0.1, 0.15) is 26.5 Å². The molecule has 1 amide bonds. The predicted molar refractivity (Wildman–Crippen MR) is 58.9 cm³/mol. The molecule has 0 spiro atoms. The van der Waals surface area contributed by atoms with Crippen LogP contribution in [0, 0.1) is 6.92 Å². The highest BCUT2D eigenvalue weighted by molar-refractivity contribution is 7.15. The molecular formula is C10H11NO3S. The average molecular weight is 225 g/mol. The van der Waals surface area contributed by atoms with E-state index >= 15 is 0 Å². The standard InChI is InChI=1S/C10H11NO3S/c1-6-5-8(10(13)14)15-7(6)3-2-4-9(11)12/h2-3,5H,4H2,1H3,(H2,11,12)(H,13,14). The van der Waals surface area contributed by atoms with Gasteiger partial charge in [0.2, 0.25) is 5.91 Å². The Morgan fingerprint density at radius 3 is 2.73 bits per heavy atom. The molecule has 0 aliphatic heterocycles. The molecule has 0 bridgehead atoms. The molecule has 0 saturated carbocycles. The first kappa shape index (κ1) is 11.5. The Morgan fingerprint density at radius 2 is 2.27 bits per heavy atom.